The van der Waals surface area contributed by atoms with E-state index in [2.05, 4.69) is 15.1 Å². The zero-order chi connectivity index (χ0) is 18.3. The Morgan fingerprint density at radius 3 is 2.58 bits per heavy atom. The fourth-order valence-corrected chi connectivity index (χ4v) is 2.86. The number of aryl methyl sites for hydroxylation is 1. The van der Waals surface area contributed by atoms with Crippen molar-refractivity contribution in [3.05, 3.63) is 71.8 Å². The van der Waals surface area contributed by atoms with E-state index in [1.165, 1.54) is 22.9 Å². The van der Waals surface area contributed by atoms with Crippen molar-refractivity contribution in [1.82, 2.24) is 19.7 Å². The van der Waals surface area contributed by atoms with E-state index < -0.39 is 5.97 Å². The van der Waals surface area contributed by atoms with E-state index in [0.717, 1.165) is 0 Å². The van der Waals surface area contributed by atoms with Crippen LogP contribution >= 0.6 is 0 Å². The Morgan fingerprint density at radius 1 is 1.15 bits per heavy atom. The number of nitrogens with zero attached hydrogens (tertiary/aromatic N) is 4. The van der Waals surface area contributed by atoms with Crippen LogP contribution in [0.3, 0.4) is 0 Å². The lowest BCUT2D eigenvalue weighted by Gasteiger charge is -2.07. The second kappa shape index (κ2) is 6.03. The van der Waals surface area contributed by atoms with Gasteiger partial charge in [-0.3, -0.25) is 0 Å². The van der Waals surface area contributed by atoms with Crippen molar-refractivity contribution in [1.29, 1.82) is 0 Å². The molecule has 0 unspecified atom stereocenters. The molecule has 3 aromatic heterocycles. The molecule has 0 aliphatic heterocycles. The summed E-state index contributed by atoms with van der Waals surface area (Å²) in [5, 5.41) is 14.5. The number of hydrogen-bond acceptors (Lipinski definition) is 4. The Balaban J connectivity index is 2.04. The fraction of sp³-hybridized carbons (Fsp3) is 0.0526. The molecule has 0 fully saturated rings. The first-order valence-electron chi connectivity index (χ1n) is 7.85. The third-order valence-electron chi connectivity index (χ3n) is 4.05. The number of aromatic nitrogens is 4. The van der Waals surface area contributed by atoms with E-state index in [1.807, 2.05) is 6.07 Å². The van der Waals surface area contributed by atoms with E-state index in [0.29, 0.717) is 33.8 Å². The van der Waals surface area contributed by atoms with Crippen LogP contribution in [0.15, 0.2) is 54.7 Å². The summed E-state index contributed by atoms with van der Waals surface area (Å²) in [6.07, 6.45) is 1.63. The number of carboxylic acids is 1. The summed E-state index contributed by atoms with van der Waals surface area (Å²) in [5.41, 5.74) is 2.06. The normalized spacial score (nSPS) is 11.0. The average Bonchev–Trinajstić information content (AvgIpc) is 2.99. The molecule has 0 saturated heterocycles. The summed E-state index contributed by atoms with van der Waals surface area (Å²) in [4.78, 5) is 20.7. The zero-order valence-corrected chi connectivity index (χ0v) is 13.7. The van der Waals surface area contributed by atoms with Gasteiger partial charge >= 0.3 is 5.97 Å². The lowest BCUT2D eigenvalue weighted by atomic mass is 10.1. The molecule has 0 radical (unpaired) electrons. The highest BCUT2D eigenvalue weighted by Gasteiger charge is 2.20. The molecule has 0 atom stereocenters. The standard InChI is InChI=1S/C19H13FN4O2/c1-11-17-14(19(25)26)10-15(12-5-7-13(20)8-6-12)22-18(17)24(23-11)16-4-2-3-9-21-16/h2-10H,1H3,(H,25,26). The maximum atomic E-state index is 13.2. The van der Waals surface area contributed by atoms with Gasteiger partial charge in [0.25, 0.3) is 0 Å². The van der Waals surface area contributed by atoms with Crippen LogP contribution in [0.1, 0.15) is 16.1 Å². The minimum atomic E-state index is -1.08. The first-order chi connectivity index (χ1) is 12.5. The first kappa shape index (κ1) is 15.9. The van der Waals surface area contributed by atoms with E-state index in [4.69, 9.17) is 0 Å². The molecule has 0 aliphatic rings. The number of carbonyl (C=O) groups is 1. The molecule has 7 heteroatoms. The highest BCUT2D eigenvalue weighted by Crippen LogP contribution is 2.28. The lowest BCUT2D eigenvalue weighted by molar-refractivity contribution is 0.0699. The molecule has 26 heavy (non-hydrogen) atoms. The van der Waals surface area contributed by atoms with Crippen molar-refractivity contribution in [3.8, 4) is 17.1 Å². The Hall–Kier alpha value is -3.61. The smallest absolute Gasteiger partial charge is 0.336 e. The van der Waals surface area contributed by atoms with Crippen LogP contribution in [0.2, 0.25) is 0 Å². The summed E-state index contributed by atoms with van der Waals surface area (Å²) in [5.74, 6) is -0.919. The van der Waals surface area contributed by atoms with Gasteiger partial charge < -0.3 is 5.11 Å². The maximum Gasteiger partial charge on any atom is 0.336 e. The number of halogens is 1. The van der Waals surface area contributed by atoms with Crippen molar-refractivity contribution in [3.63, 3.8) is 0 Å². The van der Waals surface area contributed by atoms with Crippen LogP contribution < -0.4 is 0 Å². The molecular formula is C19H13FN4O2. The SMILES string of the molecule is Cc1nn(-c2ccccn2)c2nc(-c3ccc(F)cc3)cc(C(=O)O)c12. The summed E-state index contributed by atoms with van der Waals surface area (Å²) >= 11 is 0. The van der Waals surface area contributed by atoms with Crippen molar-refractivity contribution >= 4 is 17.0 Å². The summed E-state index contributed by atoms with van der Waals surface area (Å²) in [7, 11) is 0. The van der Waals surface area contributed by atoms with Crippen LogP contribution in [0.25, 0.3) is 28.1 Å². The van der Waals surface area contributed by atoms with E-state index in [1.54, 1.807) is 37.4 Å². The highest BCUT2D eigenvalue weighted by molar-refractivity contribution is 6.04. The molecule has 6 nitrogen and oxygen atoms in total. The largest absolute Gasteiger partial charge is 0.478 e. The van der Waals surface area contributed by atoms with Gasteiger partial charge in [-0.1, -0.05) is 6.07 Å². The van der Waals surface area contributed by atoms with Gasteiger partial charge in [0.05, 0.1) is 22.3 Å². The number of benzene rings is 1. The van der Waals surface area contributed by atoms with Gasteiger partial charge in [0.15, 0.2) is 11.5 Å². The summed E-state index contributed by atoms with van der Waals surface area (Å²) < 4.78 is 14.7. The van der Waals surface area contributed by atoms with Crippen LogP contribution in [-0.2, 0) is 0 Å². The van der Waals surface area contributed by atoms with Gasteiger partial charge in [0.1, 0.15) is 5.82 Å². The molecule has 3 heterocycles. The summed E-state index contributed by atoms with van der Waals surface area (Å²) in [6.45, 7) is 1.73. The van der Waals surface area contributed by atoms with Gasteiger partial charge in [0, 0.05) is 11.8 Å². The van der Waals surface area contributed by atoms with Crippen LogP contribution in [0, 0.1) is 12.7 Å². The Kier molecular flexibility index (Phi) is 3.69. The molecule has 0 amide bonds. The number of rotatable bonds is 3. The van der Waals surface area contributed by atoms with Crippen molar-refractivity contribution in [2.45, 2.75) is 6.92 Å². The molecule has 0 saturated carbocycles. The van der Waals surface area contributed by atoms with Gasteiger partial charge in [-0.25, -0.2) is 19.2 Å². The quantitative estimate of drug-likeness (QED) is 0.611. The molecule has 4 rings (SSSR count). The third-order valence-corrected chi connectivity index (χ3v) is 4.05. The van der Waals surface area contributed by atoms with Crippen LogP contribution in [-0.4, -0.2) is 30.8 Å². The van der Waals surface area contributed by atoms with Gasteiger partial charge in [0.2, 0.25) is 0 Å². The zero-order valence-electron chi connectivity index (χ0n) is 13.7. The van der Waals surface area contributed by atoms with E-state index >= 15 is 0 Å². The van der Waals surface area contributed by atoms with Crippen molar-refractivity contribution < 1.29 is 14.3 Å². The third kappa shape index (κ3) is 2.59. The van der Waals surface area contributed by atoms with Gasteiger partial charge in [-0.05, 0) is 49.4 Å². The minimum Gasteiger partial charge on any atom is -0.478 e. The van der Waals surface area contributed by atoms with E-state index in [9.17, 15) is 14.3 Å². The first-order valence-corrected chi connectivity index (χ1v) is 7.85. The lowest BCUT2D eigenvalue weighted by Crippen LogP contribution is -2.03. The molecule has 0 aliphatic carbocycles. The Morgan fingerprint density at radius 2 is 1.92 bits per heavy atom. The molecule has 0 bridgehead atoms. The average molecular weight is 348 g/mol. The molecule has 1 N–H and O–H groups in total. The maximum absolute atomic E-state index is 13.2. The second-order valence-electron chi connectivity index (χ2n) is 5.75. The second-order valence-corrected chi connectivity index (χ2v) is 5.75. The number of fused-ring (bicyclic) bond motifs is 1. The topological polar surface area (TPSA) is 80.9 Å². The van der Waals surface area contributed by atoms with Crippen LogP contribution in [0.4, 0.5) is 4.39 Å². The number of carboxylic acid groups (broad SMARTS) is 1. The predicted octanol–water partition coefficient (Wildman–Crippen LogP) is 3.63. The van der Waals surface area contributed by atoms with Crippen molar-refractivity contribution in [2.24, 2.45) is 0 Å². The highest BCUT2D eigenvalue weighted by atomic mass is 19.1. The van der Waals surface area contributed by atoms with E-state index in [-0.39, 0.29) is 11.4 Å². The molecule has 1 aromatic carbocycles. The number of hydrogen-bond donors (Lipinski definition) is 1. The van der Waals surface area contributed by atoms with Crippen LogP contribution in [0.5, 0.6) is 0 Å². The van der Waals surface area contributed by atoms with Crippen molar-refractivity contribution in [2.75, 3.05) is 0 Å². The van der Waals surface area contributed by atoms with Gasteiger partial charge in [-0.15, -0.1) is 0 Å². The fourth-order valence-electron chi connectivity index (χ4n) is 2.86. The molecular weight excluding hydrogens is 335 g/mol. The molecule has 128 valence electrons. The predicted molar refractivity (Wildman–Crippen MR) is 93.8 cm³/mol. The van der Waals surface area contributed by atoms with Gasteiger partial charge in [-0.2, -0.15) is 9.78 Å². The Bertz CT molecular complexity index is 1120. The molecule has 4 aromatic rings. The minimum absolute atomic E-state index is 0.0917. The monoisotopic (exact) mass is 348 g/mol. The number of pyridine rings is 2. The number of aromatic carboxylic acids is 1. The summed E-state index contributed by atoms with van der Waals surface area (Å²) in [6, 6.07) is 12.6. The Labute approximate surface area is 147 Å². The molecule has 0 spiro atoms.